The van der Waals surface area contributed by atoms with Crippen LogP contribution in [0.25, 0.3) is 0 Å². The molecule has 2 fully saturated rings. The van der Waals surface area contributed by atoms with Crippen molar-refractivity contribution in [2.75, 3.05) is 39.7 Å². The molecule has 2 aliphatic rings. The molecule has 3 rings (SSSR count). The maximum atomic E-state index is 12.6. The van der Waals surface area contributed by atoms with Gasteiger partial charge in [0, 0.05) is 5.92 Å². The first-order valence-corrected chi connectivity index (χ1v) is 7.96. The zero-order chi connectivity index (χ0) is 16.4. The van der Waals surface area contributed by atoms with Crippen molar-refractivity contribution < 1.29 is 19.0 Å². The second kappa shape index (κ2) is 7.49. The van der Waals surface area contributed by atoms with Crippen molar-refractivity contribution in [2.45, 2.75) is 19.3 Å². The van der Waals surface area contributed by atoms with Crippen molar-refractivity contribution in [3.05, 3.63) is 12.1 Å². The zero-order valence-corrected chi connectivity index (χ0v) is 15.1. The van der Waals surface area contributed by atoms with E-state index in [-0.39, 0.29) is 29.6 Å². The van der Waals surface area contributed by atoms with Crippen molar-refractivity contribution in [1.29, 1.82) is 0 Å². The number of hydrogen-bond donors (Lipinski definition) is 2. The van der Waals surface area contributed by atoms with Gasteiger partial charge < -0.3 is 24.8 Å². The Labute approximate surface area is 148 Å². The van der Waals surface area contributed by atoms with E-state index in [1.165, 1.54) is 0 Å². The number of piperidine rings is 1. The number of methoxy groups -OCH3 is 3. The van der Waals surface area contributed by atoms with E-state index in [4.69, 9.17) is 14.2 Å². The standard InChI is InChI=1S/C17H24N2O4.ClH/c1-21-13-5-4-12(14(22-2)15(13)23-3)19-16(20)11-10-17(11)6-8-18-9-7-17;/h4-5,11,18H,6-10H2,1-3H3,(H,19,20);1H. The number of halogens is 1. The highest BCUT2D eigenvalue weighted by Crippen LogP contribution is 2.59. The van der Waals surface area contributed by atoms with Crippen LogP contribution in [-0.4, -0.2) is 40.3 Å². The minimum atomic E-state index is 0. The summed E-state index contributed by atoms with van der Waals surface area (Å²) < 4.78 is 16.0. The van der Waals surface area contributed by atoms with Crippen molar-refractivity contribution >= 4 is 24.0 Å². The Bertz CT molecular complexity index is 602. The van der Waals surface area contributed by atoms with E-state index in [0.29, 0.717) is 22.9 Å². The minimum absolute atomic E-state index is 0. The predicted octanol–water partition coefficient (Wildman–Crippen LogP) is 2.46. The number of hydrogen-bond acceptors (Lipinski definition) is 5. The summed E-state index contributed by atoms with van der Waals surface area (Å²) in [7, 11) is 4.68. The SMILES string of the molecule is COc1ccc(NC(=O)C2CC23CCNCC3)c(OC)c1OC.Cl. The summed E-state index contributed by atoms with van der Waals surface area (Å²) in [5, 5.41) is 6.35. The molecule has 1 spiro atoms. The summed E-state index contributed by atoms with van der Waals surface area (Å²) in [5.41, 5.74) is 0.824. The lowest BCUT2D eigenvalue weighted by Crippen LogP contribution is -2.31. The Kier molecular flexibility index (Phi) is 5.83. The van der Waals surface area contributed by atoms with Crippen LogP contribution in [0, 0.1) is 11.3 Å². The number of nitrogens with one attached hydrogen (secondary N) is 2. The summed E-state index contributed by atoms with van der Waals surface area (Å²) in [5.74, 6) is 1.71. The lowest BCUT2D eigenvalue weighted by molar-refractivity contribution is -0.118. The summed E-state index contributed by atoms with van der Waals surface area (Å²) in [6.07, 6.45) is 3.14. The van der Waals surface area contributed by atoms with Crippen molar-refractivity contribution in [3.63, 3.8) is 0 Å². The van der Waals surface area contributed by atoms with Crippen LogP contribution >= 0.6 is 12.4 Å². The molecular weight excluding hydrogens is 332 g/mol. The van der Waals surface area contributed by atoms with Gasteiger partial charge in [-0.25, -0.2) is 0 Å². The van der Waals surface area contributed by atoms with Crippen molar-refractivity contribution in [1.82, 2.24) is 5.32 Å². The number of anilines is 1. The minimum Gasteiger partial charge on any atom is -0.493 e. The molecule has 1 amide bonds. The summed E-state index contributed by atoms with van der Waals surface area (Å²) in [6.45, 7) is 2.01. The van der Waals surface area contributed by atoms with Crippen LogP contribution < -0.4 is 24.8 Å². The Morgan fingerprint density at radius 1 is 1.12 bits per heavy atom. The van der Waals surface area contributed by atoms with Crippen molar-refractivity contribution in [3.8, 4) is 17.2 Å². The second-order valence-electron chi connectivity index (χ2n) is 6.24. The van der Waals surface area contributed by atoms with Gasteiger partial charge in [-0.1, -0.05) is 0 Å². The highest BCUT2D eigenvalue weighted by Gasteiger charge is 2.57. The molecule has 1 unspecified atom stereocenters. The molecule has 1 atom stereocenters. The van der Waals surface area contributed by atoms with E-state index < -0.39 is 0 Å². The van der Waals surface area contributed by atoms with Gasteiger partial charge in [-0.2, -0.15) is 0 Å². The first-order chi connectivity index (χ1) is 11.1. The molecular formula is C17H25ClN2O4. The quantitative estimate of drug-likeness (QED) is 0.848. The Morgan fingerprint density at radius 2 is 1.79 bits per heavy atom. The number of benzene rings is 1. The van der Waals surface area contributed by atoms with E-state index in [1.54, 1.807) is 33.5 Å². The smallest absolute Gasteiger partial charge is 0.228 e. The Morgan fingerprint density at radius 3 is 2.38 bits per heavy atom. The van der Waals surface area contributed by atoms with E-state index >= 15 is 0 Å². The molecule has 1 saturated heterocycles. The normalized spacial score (nSPS) is 20.7. The molecule has 2 N–H and O–H groups in total. The number of rotatable bonds is 5. The number of carbonyl (C=O) groups excluding carboxylic acids is 1. The van der Waals surface area contributed by atoms with Gasteiger partial charge in [0.25, 0.3) is 0 Å². The third-order valence-electron chi connectivity index (χ3n) is 5.07. The van der Waals surface area contributed by atoms with Gasteiger partial charge in [0.2, 0.25) is 11.7 Å². The molecule has 0 radical (unpaired) electrons. The third kappa shape index (κ3) is 3.26. The van der Waals surface area contributed by atoms with Crippen LogP contribution in [0.1, 0.15) is 19.3 Å². The Balaban J connectivity index is 0.00000208. The average molecular weight is 357 g/mol. The first kappa shape index (κ1) is 18.7. The maximum absolute atomic E-state index is 12.6. The van der Waals surface area contributed by atoms with Gasteiger partial charge >= 0.3 is 0 Å². The van der Waals surface area contributed by atoms with E-state index in [9.17, 15) is 4.79 Å². The molecule has 7 heteroatoms. The monoisotopic (exact) mass is 356 g/mol. The molecule has 1 aromatic carbocycles. The molecule has 0 bridgehead atoms. The van der Waals surface area contributed by atoms with Gasteiger partial charge in [-0.3, -0.25) is 4.79 Å². The van der Waals surface area contributed by atoms with E-state index in [1.807, 2.05) is 0 Å². The predicted molar refractivity (Wildman–Crippen MR) is 94.6 cm³/mol. The molecule has 1 aliphatic carbocycles. The number of amides is 1. The van der Waals surface area contributed by atoms with Crippen LogP contribution in [0.2, 0.25) is 0 Å². The number of carbonyl (C=O) groups is 1. The molecule has 1 heterocycles. The maximum Gasteiger partial charge on any atom is 0.228 e. The van der Waals surface area contributed by atoms with Gasteiger partial charge in [0.15, 0.2) is 11.5 Å². The lowest BCUT2D eigenvalue weighted by Gasteiger charge is -2.23. The lowest BCUT2D eigenvalue weighted by atomic mass is 9.92. The fraction of sp³-hybridized carbons (Fsp3) is 0.588. The van der Waals surface area contributed by atoms with Crippen LogP contribution in [0.3, 0.4) is 0 Å². The fourth-order valence-electron chi connectivity index (χ4n) is 3.62. The molecule has 134 valence electrons. The third-order valence-corrected chi connectivity index (χ3v) is 5.07. The Hall–Kier alpha value is -1.66. The molecule has 0 aromatic heterocycles. The highest BCUT2D eigenvalue weighted by molar-refractivity contribution is 5.97. The highest BCUT2D eigenvalue weighted by atomic mass is 35.5. The second-order valence-corrected chi connectivity index (χ2v) is 6.24. The topological polar surface area (TPSA) is 68.8 Å². The molecule has 6 nitrogen and oxygen atoms in total. The average Bonchev–Trinajstić information content (AvgIpc) is 3.27. The van der Waals surface area contributed by atoms with Crippen LogP contribution in [0.15, 0.2) is 12.1 Å². The van der Waals surface area contributed by atoms with Gasteiger partial charge in [0.05, 0.1) is 27.0 Å². The first-order valence-electron chi connectivity index (χ1n) is 7.96. The molecule has 1 aromatic rings. The zero-order valence-electron chi connectivity index (χ0n) is 14.3. The summed E-state index contributed by atoms with van der Waals surface area (Å²) in [4.78, 5) is 12.6. The van der Waals surface area contributed by atoms with Crippen LogP contribution in [0.5, 0.6) is 17.2 Å². The van der Waals surface area contributed by atoms with Gasteiger partial charge in [-0.05, 0) is 49.9 Å². The van der Waals surface area contributed by atoms with Gasteiger partial charge in [0.1, 0.15) is 0 Å². The molecule has 1 aliphatic heterocycles. The largest absolute Gasteiger partial charge is 0.493 e. The van der Waals surface area contributed by atoms with Crippen molar-refractivity contribution in [2.24, 2.45) is 11.3 Å². The summed E-state index contributed by atoms with van der Waals surface area (Å²) >= 11 is 0. The van der Waals surface area contributed by atoms with Crippen LogP contribution in [-0.2, 0) is 4.79 Å². The number of ether oxygens (including phenoxy) is 3. The van der Waals surface area contributed by atoms with Crippen LogP contribution in [0.4, 0.5) is 5.69 Å². The molecule has 24 heavy (non-hydrogen) atoms. The summed E-state index contributed by atoms with van der Waals surface area (Å²) in [6, 6.07) is 3.56. The fourth-order valence-corrected chi connectivity index (χ4v) is 3.62. The van der Waals surface area contributed by atoms with Gasteiger partial charge in [-0.15, -0.1) is 12.4 Å². The molecule has 1 saturated carbocycles. The van der Waals surface area contributed by atoms with E-state index in [2.05, 4.69) is 10.6 Å². The van der Waals surface area contributed by atoms with E-state index in [0.717, 1.165) is 32.4 Å².